The average Bonchev–Trinajstić information content (AvgIpc) is 2.99. The Balaban J connectivity index is 1.47. The first-order valence-electron chi connectivity index (χ1n) is 13.8. The van der Waals surface area contributed by atoms with Crippen LogP contribution in [-0.2, 0) is 15.1 Å². The number of carboxylic acids is 1. The largest absolute Gasteiger partial charge is 0.479 e. The molecule has 0 bridgehead atoms. The van der Waals surface area contributed by atoms with Gasteiger partial charge in [-0.15, -0.1) is 0 Å². The minimum Gasteiger partial charge on any atom is -0.479 e. The Morgan fingerprint density at radius 3 is 1.49 bits per heavy atom. The average molecular weight is 532 g/mol. The molecule has 8 aromatic carbocycles. The van der Waals surface area contributed by atoms with Gasteiger partial charge in [0.05, 0.1) is 5.69 Å². The molecule has 0 radical (unpaired) electrons. The van der Waals surface area contributed by atoms with Gasteiger partial charge in [-0.25, -0.2) is 4.79 Å². The molecule has 0 aliphatic rings. The van der Waals surface area contributed by atoms with Crippen LogP contribution in [0.3, 0.4) is 0 Å². The van der Waals surface area contributed by atoms with Gasteiger partial charge >= 0.3 is 5.97 Å². The van der Waals surface area contributed by atoms with Gasteiger partial charge in [-0.2, -0.15) is 0 Å². The van der Waals surface area contributed by atoms with E-state index in [1.807, 2.05) is 54.6 Å². The zero-order valence-electron chi connectivity index (χ0n) is 22.6. The SMILES string of the molecule is CC(=O)N(c1ccc2ccc3cccc4ccc1c2c34)[C@@](C)(C(=O)O)c1ccc2ccc3cccc4ccc1c2c34. The van der Waals surface area contributed by atoms with Gasteiger partial charge in [0.2, 0.25) is 5.91 Å². The Hall–Kier alpha value is -5.22. The zero-order chi connectivity index (χ0) is 28.0. The van der Waals surface area contributed by atoms with Crippen molar-refractivity contribution in [1.29, 1.82) is 0 Å². The maximum absolute atomic E-state index is 13.7. The number of carbonyl (C=O) groups excluding carboxylic acids is 1. The van der Waals surface area contributed by atoms with E-state index in [1.165, 1.54) is 11.8 Å². The van der Waals surface area contributed by atoms with Crippen molar-refractivity contribution in [3.05, 3.63) is 115 Å². The van der Waals surface area contributed by atoms with E-state index in [1.54, 1.807) is 6.92 Å². The number of amides is 1. The predicted molar refractivity (Wildman–Crippen MR) is 168 cm³/mol. The lowest BCUT2D eigenvalue weighted by atomic mass is 9.82. The summed E-state index contributed by atoms with van der Waals surface area (Å²) >= 11 is 0. The monoisotopic (exact) mass is 531 g/mol. The third-order valence-electron chi connectivity index (χ3n) is 8.98. The first kappa shape index (κ1) is 23.6. The Kier molecular flexibility index (Phi) is 4.70. The molecule has 0 heterocycles. The van der Waals surface area contributed by atoms with E-state index < -0.39 is 11.5 Å². The van der Waals surface area contributed by atoms with Crippen LogP contribution >= 0.6 is 0 Å². The Morgan fingerprint density at radius 2 is 0.976 bits per heavy atom. The molecule has 196 valence electrons. The van der Waals surface area contributed by atoms with E-state index in [0.29, 0.717) is 11.3 Å². The summed E-state index contributed by atoms with van der Waals surface area (Å²) in [6.07, 6.45) is 0. The van der Waals surface area contributed by atoms with Crippen molar-refractivity contribution >= 4 is 82.2 Å². The summed E-state index contributed by atoms with van der Waals surface area (Å²) in [5, 5.41) is 23.5. The molecule has 1 amide bonds. The first-order chi connectivity index (χ1) is 19.9. The molecule has 8 rings (SSSR count). The van der Waals surface area contributed by atoms with Crippen molar-refractivity contribution in [2.45, 2.75) is 19.4 Å². The van der Waals surface area contributed by atoms with Gasteiger partial charge in [0.15, 0.2) is 5.54 Å². The summed E-state index contributed by atoms with van der Waals surface area (Å²) in [6.45, 7) is 3.11. The summed E-state index contributed by atoms with van der Waals surface area (Å²) in [6, 6.07) is 36.6. The second-order valence-corrected chi connectivity index (χ2v) is 11.1. The highest BCUT2D eigenvalue weighted by Crippen LogP contribution is 2.45. The molecule has 0 aliphatic heterocycles. The van der Waals surface area contributed by atoms with Crippen LogP contribution in [0.4, 0.5) is 5.69 Å². The van der Waals surface area contributed by atoms with Crippen molar-refractivity contribution in [3.8, 4) is 0 Å². The van der Waals surface area contributed by atoms with Crippen LogP contribution in [-0.4, -0.2) is 17.0 Å². The molecule has 0 aromatic heterocycles. The van der Waals surface area contributed by atoms with Crippen molar-refractivity contribution in [1.82, 2.24) is 0 Å². The number of hydrogen-bond acceptors (Lipinski definition) is 2. The van der Waals surface area contributed by atoms with E-state index in [4.69, 9.17) is 0 Å². The molecular weight excluding hydrogens is 506 g/mol. The predicted octanol–water partition coefficient (Wildman–Crippen LogP) is 8.83. The van der Waals surface area contributed by atoms with Gasteiger partial charge in [-0.05, 0) is 77.8 Å². The summed E-state index contributed by atoms with van der Waals surface area (Å²) in [5.74, 6) is -1.43. The molecule has 8 aromatic rings. The number of hydrogen-bond donors (Lipinski definition) is 1. The smallest absolute Gasteiger partial charge is 0.334 e. The quantitative estimate of drug-likeness (QED) is 0.231. The fraction of sp³-hybridized carbons (Fsp3) is 0.0811. The van der Waals surface area contributed by atoms with Crippen LogP contribution in [0.25, 0.3) is 64.6 Å². The molecule has 1 atom stereocenters. The molecule has 0 aliphatic carbocycles. The Morgan fingerprint density at radius 1 is 0.561 bits per heavy atom. The number of carboxylic acid groups (broad SMARTS) is 1. The van der Waals surface area contributed by atoms with E-state index in [2.05, 4.69) is 54.6 Å². The molecule has 4 nitrogen and oxygen atoms in total. The van der Waals surface area contributed by atoms with Crippen LogP contribution in [0, 0.1) is 0 Å². The lowest BCUT2D eigenvalue weighted by molar-refractivity contribution is -0.144. The van der Waals surface area contributed by atoms with E-state index in [9.17, 15) is 14.7 Å². The zero-order valence-corrected chi connectivity index (χ0v) is 22.6. The number of nitrogens with zero attached hydrogens (tertiary/aromatic N) is 1. The third kappa shape index (κ3) is 3.05. The molecular formula is C37H25NO3. The minimum absolute atomic E-state index is 0.337. The number of anilines is 1. The standard InChI is InChI=1S/C37H25NO3/c1-21(39)38(31-20-16-27-12-10-23-6-4-8-25-14-18-29(31)35(27)33(23)25)37(2,36(40)41)30-19-15-26-11-9-22-5-3-7-24-13-17-28(30)34(26)32(22)24/h3-20H,1-2H3,(H,40,41)/t37-/m1/s1. The van der Waals surface area contributed by atoms with Crippen LogP contribution in [0.15, 0.2) is 109 Å². The Bertz CT molecular complexity index is 2320. The fourth-order valence-electron chi connectivity index (χ4n) is 7.13. The summed E-state index contributed by atoms with van der Waals surface area (Å²) in [7, 11) is 0. The normalized spacial score (nSPS) is 13.6. The number of rotatable bonds is 4. The van der Waals surface area contributed by atoms with Gasteiger partial charge in [0, 0.05) is 12.3 Å². The van der Waals surface area contributed by atoms with Crippen molar-refractivity contribution < 1.29 is 14.7 Å². The van der Waals surface area contributed by atoms with Crippen LogP contribution in [0.2, 0.25) is 0 Å². The lowest BCUT2D eigenvalue weighted by Gasteiger charge is -2.39. The lowest BCUT2D eigenvalue weighted by Crippen LogP contribution is -2.52. The maximum Gasteiger partial charge on any atom is 0.334 e. The van der Waals surface area contributed by atoms with Gasteiger partial charge in [0.25, 0.3) is 0 Å². The van der Waals surface area contributed by atoms with E-state index >= 15 is 0 Å². The van der Waals surface area contributed by atoms with Crippen molar-refractivity contribution in [2.24, 2.45) is 0 Å². The number of carbonyl (C=O) groups is 2. The minimum atomic E-state index is -1.68. The van der Waals surface area contributed by atoms with E-state index in [-0.39, 0.29) is 5.91 Å². The van der Waals surface area contributed by atoms with Crippen molar-refractivity contribution in [2.75, 3.05) is 4.90 Å². The number of aliphatic carboxylic acids is 1. The van der Waals surface area contributed by atoms with E-state index in [0.717, 1.165) is 64.6 Å². The van der Waals surface area contributed by atoms with Crippen LogP contribution < -0.4 is 4.90 Å². The molecule has 0 fully saturated rings. The molecule has 0 spiro atoms. The van der Waals surface area contributed by atoms with Crippen molar-refractivity contribution in [3.63, 3.8) is 0 Å². The summed E-state index contributed by atoms with van der Waals surface area (Å²) in [5.41, 5.74) is -0.521. The highest BCUT2D eigenvalue weighted by Gasteiger charge is 2.46. The molecule has 0 saturated carbocycles. The fourth-order valence-corrected chi connectivity index (χ4v) is 7.13. The number of benzene rings is 8. The van der Waals surface area contributed by atoms with Crippen LogP contribution in [0.1, 0.15) is 19.4 Å². The van der Waals surface area contributed by atoms with Gasteiger partial charge < -0.3 is 5.11 Å². The molecule has 0 saturated heterocycles. The third-order valence-corrected chi connectivity index (χ3v) is 8.98. The second-order valence-electron chi connectivity index (χ2n) is 11.1. The second kappa shape index (κ2) is 8.15. The molecule has 0 unspecified atom stereocenters. The molecule has 1 N–H and O–H groups in total. The van der Waals surface area contributed by atoms with Gasteiger partial charge in [0.1, 0.15) is 0 Å². The van der Waals surface area contributed by atoms with Gasteiger partial charge in [-0.1, -0.05) is 103 Å². The molecule has 4 heteroatoms. The first-order valence-corrected chi connectivity index (χ1v) is 13.8. The molecule has 41 heavy (non-hydrogen) atoms. The summed E-state index contributed by atoms with van der Waals surface area (Å²) < 4.78 is 0. The van der Waals surface area contributed by atoms with Crippen LogP contribution in [0.5, 0.6) is 0 Å². The summed E-state index contributed by atoms with van der Waals surface area (Å²) in [4.78, 5) is 28.6. The highest BCUT2D eigenvalue weighted by molar-refractivity contribution is 6.27. The Labute approximate surface area is 235 Å². The highest BCUT2D eigenvalue weighted by atomic mass is 16.4. The topological polar surface area (TPSA) is 57.6 Å². The maximum atomic E-state index is 13.7. The van der Waals surface area contributed by atoms with Gasteiger partial charge in [-0.3, -0.25) is 9.69 Å².